The number of dihydropyridines is 1. The van der Waals surface area contributed by atoms with E-state index in [4.69, 9.17) is 4.74 Å². The number of carbonyl (C=O) groups excluding carboxylic acids is 3. The highest BCUT2D eigenvalue weighted by Crippen LogP contribution is 2.36. The van der Waals surface area contributed by atoms with Crippen LogP contribution in [0.2, 0.25) is 0 Å². The molecule has 0 aromatic rings. The first-order valence-electron chi connectivity index (χ1n) is 14.4. The van der Waals surface area contributed by atoms with Crippen molar-refractivity contribution in [3.8, 4) is 0 Å². The lowest BCUT2D eigenvalue weighted by Gasteiger charge is -2.36. The van der Waals surface area contributed by atoms with Crippen molar-refractivity contribution in [2.45, 2.75) is 57.4 Å². The molecule has 222 valence electrons. The molecule has 2 N–H and O–H groups in total. The fourth-order valence-electron chi connectivity index (χ4n) is 5.22. The highest BCUT2D eigenvalue weighted by atomic mass is 19.1. The minimum Gasteiger partial charge on any atom is -0.504 e. The molecule has 3 heterocycles. The lowest BCUT2D eigenvalue weighted by Crippen LogP contribution is -2.53. The third kappa shape index (κ3) is 9.33. The Morgan fingerprint density at radius 2 is 1.95 bits per heavy atom. The van der Waals surface area contributed by atoms with E-state index in [-0.39, 0.29) is 31.3 Å². The first-order valence-corrected chi connectivity index (χ1v) is 14.4. The zero-order chi connectivity index (χ0) is 29.5. The molecule has 9 heteroatoms. The van der Waals surface area contributed by atoms with Gasteiger partial charge >= 0.3 is 0 Å². The van der Waals surface area contributed by atoms with Crippen LogP contribution >= 0.6 is 0 Å². The predicted molar refractivity (Wildman–Crippen MR) is 159 cm³/mol. The molecule has 0 radical (unpaired) electrons. The second kappa shape index (κ2) is 17.0. The Bertz CT molecular complexity index is 1130. The van der Waals surface area contributed by atoms with E-state index in [0.717, 1.165) is 24.8 Å². The monoisotopic (exact) mass is 566 g/mol. The average Bonchev–Trinajstić information content (AvgIpc) is 3.15. The van der Waals surface area contributed by atoms with E-state index in [1.807, 2.05) is 24.3 Å². The minimum atomic E-state index is -1.13. The molecule has 0 saturated carbocycles. The standard InChI is InChI=1S/C32H43FN4O4/c1-3-4-5-6-8-11-19-34-32(40)31(29-25-15-13-16-26(30(29)33)35-24-25)37(22-21-36-20-14-18-27(36)38)28(39)17-10-7-9-12-23-41-2/h3,5-9,11-12,23,31,35H,1,4,10,13-22,24H2,2H3,(H,34,40)/b6-5-,9-7+,11-8+,23-12+. The zero-order valence-corrected chi connectivity index (χ0v) is 24.1. The van der Waals surface area contributed by atoms with Crippen LogP contribution in [0.15, 0.2) is 84.1 Å². The van der Waals surface area contributed by atoms with Crippen molar-refractivity contribution in [1.29, 1.82) is 0 Å². The van der Waals surface area contributed by atoms with E-state index in [9.17, 15) is 14.4 Å². The number of allylic oxidation sites excluding steroid dienone is 8. The molecule has 1 unspecified atom stereocenters. The van der Waals surface area contributed by atoms with E-state index < -0.39 is 17.8 Å². The Labute approximate surface area is 243 Å². The van der Waals surface area contributed by atoms with Crippen LogP contribution in [-0.2, 0) is 19.1 Å². The quantitative estimate of drug-likeness (QED) is 0.165. The molecule has 2 bridgehead atoms. The van der Waals surface area contributed by atoms with Gasteiger partial charge in [-0.2, -0.15) is 0 Å². The number of methoxy groups -OCH3 is 1. The van der Waals surface area contributed by atoms with E-state index >= 15 is 4.39 Å². The molecule has 41 heavy (non-hydrogen) atoms. The first kappa shape index (κ1) is 31.6. The van der Waals surface area contributed by atoms with Crippen LogP contribution < -0.4 is 10.6 Å². The summed E-state index contributed by atoms with van der Waals surface area (Å²) in [6, 6.07) is -1.13. The Balaban J connectivity index is 1.89. The van der Waals surface area contributed by atoms with Gasteiger partial charge in [0.2, 0.25) is 17.7 Å². The van der Waals surface area contributed by atoms with Crippen molar-refractivity contribution >= 4 is 17.7 Å². The molecule has 2 saturated heterocycles. The average molecular weight is 567 g/mol. The number of carbonyl (C=O) groups is 3. The summed E-state index contributed by atoms with van der Waals surface area (Å²) in [4.78, 5) is 43.1. The molecule has 1 aliphatic carbocycles. The van der Waals surface area contributed by atoms with Crippen LogP contribution in [0.5, 0.6) is 0 Å². The Morgan fingerprint density at radius 3 is 2.71 bits per heavy atom. The summed E-state index contributed by atoms with van der Waals surface area (Å²) >= 11 is 0. The molecular formula is C32H43FN4O4. The Kier molecular flexibility index (Phi) is 13.2. The van der Waals surface area contributed by atoms with Gasteiger partial charge in [0.1, 0.15) is 11.9 Å². The topological polar surface area (TPSA) is 91.0 Å². The summed E-state index contributed by atoms with van der Waals surface area (Å²) in [5.74, 6) is -1.10. The van der Waals surface area contributed by atoms with Crippen molar-refractivity contribution < 1.29 is 23.5 Å². The SMILES string of the molecule is C=CC/C=C\C=C\CNC(=O)C(C1=C2CCCC(=C1F)NC2)N(CCN1CCCC1=O)C(=O)CC/C=C/C=C/OC. The summed E-state index contributed by atoms with van der Waals surface area (Å²) in [5, 5.41) is 6.05. The van der Waals surface area contributed by atoms with Gasteiger partial charge in [0.05, 0.1) is 13.4 Å². The van der Waals surface area contributed by atoms with Gasteiger partial charge in [-0.3, -0.25) is 14.4 Å². The second-order valence-corrected chi connectivity index (χ2v) is 10.1. The summed E-state index contributed by atoms with van der Waals surface area (Å²) in [6.45, 7) is 5.42. The van der Waals surface area contributed by atoms with Gasteiger partial charge in [0.15, 0.2) is 0 Å². The molecule has 4 rings (SSSR count). The fourth-order valence-corrected chi connectivity index (χ4v) is 5.22. The van der Waals surface area contributed by atoms with Crippen molar-refractivity contribution in [2.75, 3.05) is 39.8 Å². The third-order valence-corrected chi connectivity index (χ3v) is 7.31. The predicted octanol–water partition coefficient (Wildman–Crippen LogP) is 4.37. The number of hydrogen-bond acceptors (Lipinski definition) is 5. The molecule has 3 amide bonds. The first-order chi connectivity index (χ1) is 20.0. The summed E-state index contributed by atoms with van der Waals surface area (Å²) in [5.41, 5.74) is 1.59. The van der Waals surface area contributed by atoms with Gasteiger partial charge in [-0.25, -0.2) is 4.39 Å². The number of nitrogens with zero attached hydrogens (tertiary/aromatic N) is 2. The maximum Gasteiger partial charge on any atom is 0.247 e. The van der Waals surface area contributed by atoms with Crippen LogP contribution in [0.1, 0.15) is 51.4 Å². The van der Waals surface area contributed by atoms with Crippen molar-refractivity contribution in [3.05, 3.63) is 84.1 Å². The number of likely N-dealkylation sites (tertiary alicyclic amines) is 1. The minimum absolute atomic E-state index is 0.0361. The van der Waals surface area contributed by atoms with Crippen molar-refractivity contribution in [1.82, 2.24) is 20.4 Å². The molecular weight excluding hydrogens is 523 g/mol. The molecule has 8 nitrogen and oxygen atoms in total. The number of halogens is 1. The van der Waals surface area contributed by atoms with Gasteiger partial charge < -0.3 is 25.2 Å². The van der Waals surface area contributed by atoms with Crippen LogP contribution in [0.25, 0.3) is 0 Å². The molecule has 0 aromatic carbocycles. The second-order valence-electron chi connectivity index (χ2n) is 10.1. The van der Waals surface area contributed by atoms with Gasteiger partial charge in [-0.05, 0) is 50.2 Å². The van der Waals surface area contributed by atoms with Crippen LogP contribution in [-0.4, -0.2) is 73.4 Å². The highest BCUT2D eigenvalue weighted by molar-refractivity contribution is 5.92. The lowest BCUT2D eigenvalue weighted by molar-refractivity contribution is -0.140. The molecule has 3 aliphatic heterocycles. The molecule has 2 fully saturated rings. The largest absolute Gasteiger partial charge is 0.504 e. The van der Waals surface area contributed by atoms with Gasteiger partial charge in [0.25, 0.3) is 0 Å². The normalized spacial score (nSPS) is 18.2. The highest BCUT2D eigenvalue weighted by Gasteiger charge is 2.39. The van der Waals surface area contributed by atoms with Crippen molar-refractivity contribution in [2.24, 2.45) is 0 Å². The van der Waals surface area contributed by atoms with Crippen molar-refractivity contribution in [3.63, 3.8) is 0 Å². The smallest absolute Gasteiger partial charge is 0.247 e. The third-order valence-electron chi connectivity index (χ3n) is 7.31. The maximum absolute atomic E-state index is 15.9. The Hall–Kier alpha value is -3.88. The lowest BCUT2D eigenvalue weighted by atomic mass is 9.93. The number of hydrogen-bond donors (Lipinski definition) is 2. The van der Waals surface area contributed by atoms with Gasteiger partial charge in [0, 0.05) is 56.8 Å². The van der Waals surface area contributed by atoms with Gasteiger partial charge in [-0.15, -0.1) is 6.58 Å². The summed E-state index contributed by atoms with van der Waals surface area (Å²) < 4.78 is 20.8. The molecule has 0 aromatic heterocycles. The zero-order valence-electron chi connectivity index (χ0n) is 24.1. The van der Waals surface area contributed by atoms with Crippen LogP contribution in [0, 0.1) is 0 Å². The van der Waals surface area contributed by atoms with E-state index in [1.54, 1.807) is 36.3 Å². The summed E-state index contributed by atoms with van der Waals surface area (Å²) in [7, 11) is 1.55. The Morgan fingerprint density at radius 1 is 1.15 bits per heavy atom. The number of amides is 3. The van der Waals surface area contributed by atoms with Crippen LogP contribution in [0.3, 0.4) is 0 Å². The molecule has 1 atom stereocenters. The number of fused-ring (bicyclic) bond motifs is 4. The number of rotatable bonds is 16. The number of nitrogens with one attached hydrogen (secondary N) is 2. The van der Waals surface area contributed by atoms with Crippen LogP contribution in [0.4, 0.5) is 4.39 Å². The van der Waals surface area contributed by atoms with E-state index in [2.05, 4.69) is 17.2 Å². The summed E-state index contributed by atoms with van der Waals surface area (Å²) in [6.07, 6.45) is 20.7. The van der Waals surface area contributed by atoms with E-state index in [0.29, 0.717) is 56.6 Å². The molecule has 4 aliphatic rings. The van der Waals surface area contributed by atoms with E-state index in [1.165, 1.54) is 11.2 Å². The van der Waals surface area contributed by atoms with Gasteiger partial charge in [-0.1, -0.05) is 42.5 Å². The number of ether oxygens (including phenoxy) is 1. The maximum atomic E-state index is 15.9. The molecule has 0 spiro atoms. The fraction of sp³-hybridized carbons (Fsp3) is 0.469.